The minimum absolute atomic E-state index is 0.113. The van der Waals surface area contributed by atoms with Crippen LogP contribution in [0.5, 0.6) is 0 Å². The highest BCUT2D eigenvalue weighted by Gasteiger charge is 2.16. The van der Waals surface area contributed by atoms with E-state index in [1.807, 2.05) is 0 Å². The van der Waals surface area contributed by atoms with E-state index < -0.39 is 0 Å². The summed E-state index contributed by atoms with van der Waals surface area (Å²) in [6.07, 6.45) is 0. The summed E-state index contributed by atoms with van der Waals surface area (Å²) in [5.74, 6) is -0.113. The van der Waals surface area contributed by atoms with Gasteiger partial charge in [0.05, 0.1) is 23.9 Å². The molecule has 0 aliphatic carbocycles. The first-order valence-electron chi connectivity index (χ1n) is 5.92. The van der Waals surface area contributed by atoms with Crippen LogP contribution in [-0.2, 0) is 9.47 Å². The second-order valence-corrected chi connectivity index (χ2v) is 4.42. The fourth-order valence-electron chi connectivity index (χ4n) is 1.58. The third-order valence-corrected chi connectivity index (χ3v) is 3.01. The molecule has 5 nitrogen and oxygen atoms in total. The standard InChI is InChI=1S/C13H19ClN2O3/c1-18-7-5-16(6-8-19-2)13(17)10-3-4-11(14)12(15)9-10/h3-4,9H,5-8,15H2,1-2H3. The molecule has 0 radical (unpaired) electrons. The van der Waals surface area contributed by atoms with Crippen LogP contribution < -0.4 is 5.73 Å². The summed E-state index contributed by atoms with van der Waals surface area (Å²) in [6.45, 7) is 1.94. The molecular formula is C13H19ClN2O3. The Kier molecular flexibility index (Phi) is 6.62. The van der Waals surface area contributed by atoms with E-state index in [0.29, 0.717) is 42.6 Å². The number of carbonyl (C=O) groups is 1. The van der Waals surface area contributed by atoms with E-state index in [2.05, 4.69) is 0 Å². The van der Waals surface area contributed by atoms with E-state index in [1.165, 1.54) is 0 Å². The summed E-state index contributed by atoms with van der Waals surface area (Å²) in [7, 11) is 3.19. The number of amides is 1. The fraction of sp³-hybridized carbons (Fsp3) is 0.462. The largest absolute Gasteiger partial charge is 0.398 e. The van der Waals surface area contributed by atoms with Crippen LogP contribution in [0.25, 0.3) is 0 Å². The average molecular weight is 287 g/mol. The molecule has 0 heterocycles. The van der Waals surface area contributed by atoms with E-state index in [4.69, 9.17) is 26.8 Å². The Morgan fingerprint density at radius 3 is 2.32 bits per heavy atom. The molecule has 106 valence electrons. The number of nitrogens with zero attached hydrogens (tertiary/aromatic N) is 1. The van der Waals surface area contributed by atoms with Crippen LogP contribution in [0, 0.1) is 0 Å². The van der Waals surface area contributed by atoms with E-state index in [1.54, 1.807) is 37.3 Å². The van der Waals surface area contributed by atoms with E-state index in [-0.39, 0.29) is 5.91 Å². The number of halogens is 1. The zero-order chi connectivity index (χ0) is 14.3. The van der Waals surface area contributed by atoms with Crippen LogP contribution in [0.4, 0.5) is 5.69 Å². The van der Waals surface area contributed by atoms with Crippen molar-refractivity contribution < 1.29 is 14.3 Å². The lowest BCUT2D eigenvalue weighted by molar-refractivity contribution is 0.0627. The molecule has 19 heavy (non-hydrogen) atoms. The molecule has 0 unspecified atom stereocenters. The quantitative estimate of drug-likeness (QED) is 0.774. The topological polar surface area (TPSA) is 64.8 Å². The first-order valence-corrected chi connectivity index (χ1v) is 6.30. The fourth-order valence-corrected chi connectivity index (χ4v) is 1.69. The first kappa shape index (κ1) is 15.8. The Hall–Kier alpha value is -1.30. The highest BCUT2D eigenvalue weighted by Crippen LogP contribution is 2.20. The molecule has 1 rings (SSSR count). The van der Waals surface area contributed by atoms with Gasteiger partial charge in [-0.15, -0.1) is 0 Å². The number of benzene rings is 1. The molecule has 2 N–H and O–H groups in total. The molecular weight excluding hydrogens is 268 g/mol. The third-order valence-electron chi connectivity index (χ3n) is 2.66. The van der Waals surface area contributed by atoms with Gasteiger partial charge in [-0.3, -0.25) is 4.79 Å². The SMILES string of the molecule is COCCN(CCOC)C(=O)c1ccc(Cl)c(N)c1. The van der Waals surface area contributed by atoms with Crippen molar-refractivity contribution in [1.82, 2.24) is 4.90 Å². The number of ether oxygens (including phenoxy) is 2. The molecule has 1 aromatic rings. The van der Waals surface area contributed by atoms with Gasteiger partial charge >= 0.3 is 0 Å². The third kappa shape index (κ3) is 4.70. The predicted molar refractivity (Wildman–Crippen MR) is 75.5 cm³/mol. The number of anilines is 1. The minimum Gasteiger partial charge on any atom is -0.398 e. The van der Waals surface area contributed by atoms with Gasteiger partial charge in [0.2, 0.25) is 0 Å². The molecule has 0 fully saturated rings. The molecule has 6 heteroatoms. The smallest absolute Gasteiger partial charge is 0.254 e. The summed E-state index contributed by atoms with van der Waals surface area (Å²) in [4.78, 5) is 14.0. The zero-order valence-corrected chi connectivity index (χ0v) is 11.9. The summed E-state index contributed by atoms with van der Waals surface area (Å²) in [5, 5.41) is 0.442. The number of hydrogen-bond donors (Lipinski definition) is 1. The van der Waals surface area contributed by atoms with Crippen LogP contribution in [-0.4, -0.2) is 51.3 Å². The lowest BCUT2D eigenvalue weighted by atomic mass is 10.1. The van der Waals surface area contributed by atoms with E-state index >= 15 is 0 Å². The molecule has 0 spiro atoms. The predicted octanol–water partition coefficient (Wildman–Crippen LogP) is 1.66. The van der Waals surface area contributed by atoms with Crippen molar-refractivity contribution in [2.45, 2.75) is 0 Å². The number of nitrogens with two attached hydrogens (primary N) is 1. The molecule has 0 saturated heterocycles. The van der Waals surface area contributed by atoms with Crippen molar-refractivity contribution >= 4 is 23.2 Å². The maximum absolute atomic E-state index is 12.3. The van der Waals surface area contributed by atoms with E-state index in [0.717, 1.165) is 0 Å². The number of methoxy groups -OCH3 is 2. The Balaban J connectivity index is 2.81. The number of nitrogen functional groups attached to an aromatic ring is 1. The molecule has 0 saturated carbocycles. The average Bonchev–Trinajstić information content (AvgIpc) is 2.41. The summed E-state index contributed by atoms with van der Waals surface area (Å²) >= 11 is 5.84. The Labute approximate surface area is 118 Å². The van der Waals surface area contributed by atoms with Crippen molar-refractivity contribution in [2.24, 2.45) is 0 Å². The van der Waals surface area contributed by atoms with Gasteiger partial charge in [0.1, 0.15) is 0 Å². The summed E-state index contributed by atoms with van der Waals surface area (Å²) < 4.78 is 10.0. The van der Waals surface area contributed by atoms with Crippen molar-refractivity contribution in [1.29, 1.82) is 0 Å². The van der Waals surface area contributed by atoms with Crippen LogP contribution in [0.2, 0.25) is 5.02 Å². The molecule has 0 aliphatic rings. The summed E-state index contributed by atoms with van der Waals surface area (Å²) in [5.41, 5.74) is 6.61. The Bertz CT molecular complexity index is 418. The van der Waals surface area contributed by atoms with Gasteiger partial charge in [-0.25, -0.2) is 0 Å². The molecule has 0 bridgehead atoms. The van der Waals surface area contributed by atoms with Crippen LogP contribution in [0.3, 0.4) is 0 Å². The van der Waals surface area contributed by atoms with Gasteiger partial charge in [-0.2, -0.15) is 0 Å². The van der Waals surface area contributed by atoms with Gasteiger partial charge in [0, 0.05) is 32.9 Å². The van der Waals surface area contributed by atoms with Gasteiger partial charge in [-0.05, 0) is 18.2 Å². The minimum atomic E-state index is -0.113. The van der Waals surface area contributed by atoms with Crippen LogP contribution in [0.1, 0.15) is 10.4 Å². The van der Waals surface area contributed by atoms with Gasteiger partial charge in [-0.1, -0.05) is 11.6 Å². The second kappa shape index (κ2) is 7.99. The van der Waals surface area contributed by atoms with Crippen molar-refractivity contribution in [3.8, 4) is 0 Å². The number of carbonyl (C=O) groups excluding carboxylic acids is 1. The molecule has 0 atom stereocenters. The lowest BCUT2D eigenvalue weighted by Gasteiger charge is -2.22. The number of hydrogen-bond acceptors (Lipinski definition) is 4. The normalized spacial score (nSPS) is 10.5. The first-order chi connectivity index (χ1) is 9.10. The summed E-state index contributed by atoms with van der Waals surface area (Å²) in [6, 6.07) is 4.86. The van der Waals surface area contributed by atoms with Crippen molar-refractivity contribution in [2.75, 3.05) is 46.3 Å². The van der Waals surface area contributed by atoms with Crippen LogP contribution in [0.15, 0.2) is 18.2 Å². The monoisotopic (exact) mass is 286 g/mol. The molecule has 1 amide bonds. The van der Waals surface area contributed by atoms with Gasteiger partial charge < -0.3 is 20.1 Å². The Morgan fingerprint density at radius 1 is 1.26 bits per heavy atom. The van der Waals surface area contributed by atoms with Crippen molar-refractivity contribution in [3.63, 3.8) is 0 Å². The van der Waals surface area contributed by atoms with Gasteiger partial charge in [0.25, 0.3) is 5.91 Å². The molecule has 1 aromatic carbocycles. The van der Waals surface area contributed by atoms with E-state index in [9.17, 15) is 4.79 Å². The molecule has 0 aromatic heterocycles. The lowest BCUT2D eigenvalue weighted by Crippen LogP contribution is -2.36. The molecule has 0 aliphatic heterocycles. The maximum atomic E-state index is 12.3. The highest BCUT2D eigenvalue weighted by atomic mass is 35.5. The second-order valence-electron chi connectivity index (χ2n) is 4.01. The zero-order valence-electron chi connectivity index (χ0n) is 11.2. The van der Waals surface area contributed by atoms with Gasteiger partial charge in [0.15, 0.2) is 0 Å². The van der Waals surface area contributed by atoms with Crippen molar-refractivity contribution in [3.05, 3.63) is 28.8 Å². The number of rotatable bonds is 7. The van der Waals surface area contributed by atoms with Crippen LogP contribution >= 0.6 is 11.6 Å². The highest BCUT2D eigenvalue weighted by molar-refractivity contribution is 6.33. The Morgan fingerprint density at radius 2 is 1.84 bits per heavy atom. The maximum Gasteiger partial charge on any atom is 0.254 e.